The molecule has 0 saturated heterocycles. The van der Waals surface area contributed by atoms with Crippen LogP contribution in [0.1, 0.15) is 49.4 Å². The van der Waals surface area contributed by atoms with Crippen molar-refractivity contribution in [1.82, 2.24) is 9.88 Å². The topological polar surface area (TPSA) is 45.2 Å². The van der Waals surface area contributed by atoms with Gasteiger partial charge in [0.05, 0.1) is 0 Å². The number of amides is 1. The molecule has 1 heterocycles. The average Bonchev–Trinajstić information content (AvgIpc) is 2.49. The Hall–Kier alpha value is -1.58. The van der Waals surface area contributed by atoms with Crippen LogP contribution in [-0.4, -0.2) is 35.4 Å². The molecule has 4 heteroatoms. The van der Waals surface area contributed by atoms with E-state index in [1.807, 2.05) is 18.0 Å². The Bertz CT molecular complexity index is 427. The first-order valence-corrected chi connectivity index (χ1v) is 7.21. The lowest BCUT2D eigenvalue weighted by Gasteiger charge is -2.33. The number of pyridine rings is 1. The van der Waals surface area contributed by atoms with Crippen LogP contribution in [0, 0.1) is 0 Å². The van der Waals surface area contributed by atoms with E-state index in [0.717, 1.165) is 30.8 Å². The lowest BCUT2D eigenvalue weighted by atomic mass is 9.94. The van der Waals surface area contributed by atoms with Crippen molar-refractivity contribution in [2.75, 3.05) is 18.9 Å². The van der Waals surface area contributed by atoms with Crippen LogP contribution in [-0.2, 0) is 0 Å². The fourth-order valence-electron chi connectivity index (χ4n) is 2.83. The van der Waals surface area contributed by atoms with E-state index < -0.39 is 0 Å². The molecule has 0 spiro atoms. The van der Waals surface area contributed by atoms with E-state index in [0.29, 0.717) is 6.04 Å². The second-order valence-electron chi connectivity index (χ2n) is 5.06. The summed E-state index contributed by atoms with van der Waals surface area (Å²) in [5.41, 5.74) is 0.728. The zero-order chi connectivity index (χ0) is 13.7. The molecule has 1 aliphatic rings. The maximum absolute atomic E-state index is 12.6. The molecule has 1 fully saturated rings. The first-order chi connectivity index (χ1) is 9.26. The Kier molecular flexibility index (Phi) is 4.77. The molecule has 1 aliphatic carbocycles. The maximum atomic E-state index is 12.6. The highest BCUT2D eigenvalue weighted by molar-refractivity contribution is 5.95. The zero-order valence-corrected chi connectivity index (χ0v) is 11.9. The van der Waals surface area contributed by atoms with Crippen molar-refractivity contribution in [3.63, 3.8) is 0 Å². The van der Waals surface area contributed by atoms with Gasteiger partial charge in [-0.2, -0.15) is 0 Å². The summed E-state index contributed by atoms with van der Waals surface area (Å²) in [5, 5.41) is 2.98. The zero-order valence-electron chi connectivity index (χ0n) is 11.9. The van der Waals surface area contributed by atoms with E-state index in [9.17, 15) is 4.79 Å². The monoisotopic (exact) mass is 261 g/mol. The first-order valence-electron chi connectivity index (χ1n) is 7.21. The number of carbonyl (C=O) groups is 1. The van der Waals surface area contributed by atoms with Gasteiger partial charge in [-0.25, -0.2) is 4.98 Å². The van der Waals surface area contributed by atoms with Crippen LogP contribution in [0.3, 0.4) is 0 Å². The molecular formula is C15H23N3O. The highest BCUT2D eigenvalue weighted by Gasteiger charge is 2.25. The van der Waals surface area contributed by atoms with Crippen LogP contribution in [0.15, 0.2) is 18.3 Å². The lowest BCUT2D eigenvalue weighted by Crippen LogP contribution is -2.41. The molecule has 1 N–H and O–H groups in total. The van der Waals surface area contributed by atoms with Crippen molar-refractivity contribution in [1.29, 1.82) is 0 Å². The smallest absolute Gasteiger partial charge is 0.254 e. The van der Waals surface area contributed by atoms with Crippen LogP contribution < -0.4 is 5.32 Å². The Morgan fingerprint density at radius 2 is 2.16 bits per heavy atom. The maximum Gasteiger partial charge on any atom is 0.254 e. The third-order valence-corrected chi connectivity index (χ3v) is 3.88. The number of nitrogens with one attached hydrogen (secondary N) is 1. The van der Waals surface area contributed by atoms with Crippen molar-refractivity contribution in [3.05, 3.63) is 23.9 Å². The number of aromatic nitrogens is 1. The van der Waals surface area contributed by atoms with Gasteiger partial charge in [-0.05, 0) is 31.9 Å². The third-order valence-electron chi connectivity index (χ3n) is 3.88. The Labute approximate surface area is 115 Å². The SMILES string of the molecule is CCN(C(=O)c1ccnc(NC)c1)C1CCCCC1. The van der Waals surface area contributed by atoms with Crippen LogP contribution in [0.2, 0.25) is 0 Å². The van der Waals surface area contributed by atoms with Gasteiger partial charge in [0.15, 0.2) is 0 Å². The van der Waals surface area contributed by atoms with Crippen LogP contribution in [0.4, 0.5) is 5.82 Å². The quantitative estimate of drug-likeness (QED) is 0.906. The predicted molar refractivity (Wildman–Crippen MR) is 77.4 cm³/mol. The number of hydrogen-bond donors (Lipinski definition) is 1. The first kappa shape index (κ1) is 13.8. The number of anilines is 1. The lowest BCUT2D eigenvalue weighted by molar-refractivity contribution is 0.0648. The molecular weight excluding hydrogens is 238 g/mol. The molecule has 0 aliphatic heterocycles. The van der Waals surface area contributed by atoms with Gasteiger partial charge < -0.3 is 10.2 Å². The molecule has 0 bridgehead atoms. The van der Waals surface area contributed by atoms with Gasteiger partial charge in [0.2, 0.25) is 0 Å². The molecule has 0 unspecified atom stereocenters. The molecule has 0 aromatic carbocycles. The van der Waals surface area contributed by atoms with Crippen molar-refractivity contribution >= 4 is 11.7 Å². The molecule has 1 aromatic rings. The number of hydrogen-bond acceptors (Lipinski definition) is 3. The normalized spacial score (nSPS) is 16.1. The summed E-state index contributed by atoms with van der Waals surface area (Å²) in [4.78, 5) is 18.8. The standard InChI is InChI=1S/C15H23N3O/c1-3-18(13-7-5-4-6-8-13)15(19)12-9-10-17-14(11-12)16-2/h9-11,13H,3-8H2,1-2H3,(H,16,17). The minimum atomic E-state index is 0.133. The largest absolute Gasteiger partial charge is 0.373 e. The van der Waals surface area contributed by atoms with E-state index in [2.05, 4.69) is 17.2 Å². The average molecular weight is 261 g/mol. The van der Waals surface area contributed by atoms with E-state index in [1.165, 1.54) is 19.3 Å². The number of rotatable bonds is 4. The highest BCUT2D eigenvalue weighted by atomic mass is 16.2. The van der Waals surface area contributed by atoms with Crippen LogP contribution >= 0.6 is 0 Å². The molecule has 4 nitrogen and oxygen atoms in total. The van der Waals surface area contributed by atoms with E-state index in [1.54, 1.807) is 12.3 Å². The summed E-state index contributed by atoms with van der Waals surface area (Å²) < 4.78 is 0. The summed E-state index contributed by atoms with van der Waals surface area (Å²) in [6.45, 7) is 2.84. The molecule has 19 heavy (non-hydrogen) atoms. The molecule has 1 saturated carbocycles. The minimum absolute atomic E-state index is 0.133. The molecule has 104 valence electrons. The van der Waals surface area contributed by atoms with Gasteiger partial charge in [0.1, 0.15) is 5.82 Å². The number of nitrogens with zero attached hydrogens (tertiary/aromatic N) is 2. The predicted octanol–water partition coefficient (Wildman–Crippen LogP) is 2.92. The van der Waals surface area contributed by atoms with Gasteiger partial charge >= 0.3 is 0 Å². The molecule has 1 amide bonds. The third kappa shape index (κ3) is 3.25. The second kappa shape index (κ2) is 6.55. The Morgan fingerprint density at radius 1 is 1.42 bits per heavy atom. The van der Waals surface area contributed by atoms with Gasteiger partial charge in [-0.15, -0.1) is 0 Å². The summed E-state index contributed by atoms with van der Waals surface area (Å²) in [6, 6.07) is 4.04. The summed E-state index contributed by atoms with van der Waals surface area (Å²) in [5.74, 6) is 0.874. The van der Waals surface area contributed by atoms with Crippen molar-refractivity contribution in [3.8, 4) is 0 Å². The van der Waals surface area contributed by atoms with Crippen molar-refractivity contribution in [2.45, 2.75) is 45.1 Å². The molecule has 2 rings (SSSR count). The summed E-state index contributed by atoms with van der Waals surface area (Å²) in [7, 11) is 1.81. The van der Waals surface area contributed by atoms with Gasteiger partial charge in [0.25, 0.3) is 5.91 Å². The Morgan fingerprint density at radius 3 is 2.79 bits per heavy atom. The summed E-state index contributed by atoms with van der Waals surface area (Å²) >= 11 is 0. The molecule has 0 radical (unpaired) electrons. The van der Waals surface area contributed by atoms with Gasteiger partial charge in [0, 0.05) is 31.4 Å². The molecule has 0 atom stereocenters. The Balaban J connectivity index is 2.14. The van der Waals surface area contributed by atoms with Gasteiger partial charge in [-0.3, -0.25) is 4.79 Å². The minimum Gasteiger partial charge on any atom is -0.373 e. The van der Waals surface area contributed by atoms with E-state index in [4.69, 9.17) is 0 Å². The second-order valence-corrected chi connectivity index (χ2v) is 5.06. The van der Waals surface area contributed by atoms with Crippen LogP contribution in [0.25, 0.3) is 0 Å². The number of carbonyl (C=O) groups excluding carboxylic acids is 1. The van der Waals surface area contributed by atoms with E-state index in [-0.39, 0.29) is 5.91 Å². The summed E-state index contributed by atoms with van der Waals surface area (Å²) in [6.07, 6.45) is 7.77. The van der Waals surface area contributed by atoms with Crippen molar-refractivity contribution in [2.24, 2.45) is 0 Å². The molecule has 1 aromatic heterocycles. The fourth-order valence-corrected chi connectivity index (χ4v) is 2.83. The fraction of sp³-hybridized carbons (Fsp3) is 0.600. The van der Waals surface area contributed by atoms with Crippen LogP contribution in [0.5, 0.6) is 0 Å². The highest BCUT2D eigenvalue weighted by Crippen LogP contribution is 2.24. The van der Waals surface area contributed by atoms with Gasteiger partial charge in [-0.1, -0.05) is 19.3 Å². The van der Waals surface area contributed by atoms with E-state index >= 15 is 0 Å². The van der Waals surface area contributed by atoms with Crippen molar-refractivity contribution < 1.29 is 4.79 Å².